The maximum absolute atomic E-state index is 11.7. The first kappa shape index (κ1) is 18.4. The lowest BCUT2D eigenvalue weighted by Gasteiger charge is -2.02. The van der Waals surface area contributed by atoms with Crippen LogP contribution in [0.5, 0.6) is 0 Å². The Balaban J connectivity index is 0.00000324. The number of amides is 1. The number of hydrogen-bond acceptors (Lipinski definition) is 4. The Morgan fingerprint density at radius 1 is 1.37 bits per heavy atom. The fraction of sp³-hybridized carbons (Fsp3) is 0.692. The predicted octanol–water partition coefficient (Wildman–Crippen LogP) is 3.54. The molecule has 0 fully saturated rings. The fourth-order valence-corrected chi connectivity index (χ4v) is 2.46. The second kappa shape index (κ2) is 10.2. The lowest BCUT2D eigenvalue weighted by atomic mass is 10.1. The van der Waals surface area contributed by atoms with E-state index in [9.17, 15) is 4.79 Å². The number of carbonyl (C=O) groups excluding carboxylic acids is 1. The van der Waals surface area contributed by atoms with Crippen LogP contribution >= 0.6 is 23.7 Å². The number of anilines is 1. The van der Waals surface area contributed by atoms with Crippen molar-refractivity contribution in [1.29, 1.82) is 0 Å². The standard InChI is InChI=1S/C13H23N3OS.ClH/c1-10(2)11-9-18-13(15-11)16-12(17)7-5-3-4-6-8-14;/h9-10H,3-8,14H2,1-2H3,(H,15,16,17);1H. The van der Waals surface area contributed by atoms with Gasteiger partial charge in [0.2, 0.25) is 5.91 Å². The Labute approximate surface area is 125 Å². The monoisotopic (exact) mass is 305 g/mol. The average molecular weight is 306 g/mol. The largest absolute Gasteiger partial charge is 0.330 e. The number of nitrogens with two attached hydrogens (primary N) is 1. The summed E-state index contributed by atoms with van der Waals surface area (Å²) in [5.74, 6) is 0.468. The summed E-state index contributed by atoms with van der Waals surface area (Å²) in [4.78, 5) is 16.0. The van der Waals surface area contributed by atoms with Crippen LogP contribution in [0.4, 0.5) is 5.13 Å². The molecule has 0 saturated carbocycles. The van der Waals surface area contributed by atoms with E-state index in [0.29, 0.717) is 17.5 Å². The highest BCUT2D eigenvalue weighted by Gasteiger charge is 2.08. The second-order valence-corrected chi connectivity index (χ2v) is 5.59. The molecule has 0 aliphatic heterocycles. The van der Waals surface area contributed by atoms with E-state index in [4.69, 9.17) is 5.73 Å². The third-order valence-corrected chi connectivity index (χ3v) is 3.49. The van der Waals surface area contributed by atoms with Crippen molar-refractivity contribution in [2.45, 2.75) is 51.9 Å². The van der Waals surface area contributed by atoms with Crippen molar-refractivity contribution in [3.8, 4) is 0 Å². The van der Waals surface area contributed by atoms with E-state index in [1.165, 1.54) is 11.3 Å². The van der Waals surface area contributed by atoms with Gasteiger partial charge in [-0.1, -0.05) is 26.7 Å². The number of thiazole rings is 1. The van der Waals surface area contributed by atoms with Gasteiger partial charge in [0.05, 0.1) is 5.69 Å². The van der Waals surface area contributed by atoms with Gasteiger partial charge in [-0.3, -0.25) is 4.79 Å². The van der Waals surface area contributed by atoms with Gasteiger partial charge < -0.3 is 11.1 Å². The van der Waals surface area contributed by atoms with Gasteiger partial charge in [0.1, 0.15) is 0 Å². The van der Waals surface area contributed by atoms with Crippen LogP contribution < -0.4 is 11.1 Å². The minimum absolute atomic E-state index is 0. The number of hydrogen-bond donors (Lipinski definition) is 2. The Kier molecular flexibility index (Phi) is 9.83. The van der Waals surface area contributed by atoms with Crippen LogP contribution in [0.15, 0.2) is 5.38 Å². The normalized spacial score (nSPS) is 10.3. The van der Waals surface area contributed by atoms with Crippen molar-refractivity contribution in [1.82, 2.24) is 4.98 Å². The molecule has 0 aliphatic carbocycles. The molecule has 19 heavy (non-hydrogen) atoms. The highest BCUT2D eigenvalue weighted by molar-refractivity contribution is 7.13. The van der Waals surface area contributed by atoms with E-state index in [1.54, 1.807) is 0 Å². The molecule has 110 valence electrons. The number of rotatable bonds is 8. The van der Waals surface area contributed by atoms with Crippen LogP contribution in [0.2, 0.25) is 0 Å². The number of halogens is 1. The van der Waals surface area contributed by atoms with E-state index in [0.717, 1.165) is 37.9 Å². The quantitative estimate of drug-likeness (QED) is 0.722. The van der Waals surface area contributed by atoms with Gasteiger partial charge in [0, 0.05) is 11.8 Å². The minimum atomic E-state index is 0. The average Bonchev–Trinajstić information content (AvgIpc) is 2.77. The van der Waals surface area contributed by atoms with E-state index in [2.05, 4.69) is 24.1 Å². The van der Waals surface area contributed by atoms with E-state index < -0.39 is 0 Å². The molecule has 0 unspecified atom stereocenters. The molecule has 1 heterocycles. The number of nitrogens with one attached hydrogen (secondary N) is 1. The summed E-state index contributed by atoms with van der Waals surface area (Å²) in [6.45, 7) is 4.93. The number of unbranched alkanes of at least 4 members (excludes halogenated alkanes) is 3. The molecule has 3 N–H and O–H groups in total. The third kappa shape index (κ3) is 7.50. The van der Waals surface area contributed by atoms with Gasteiger partial charge >= 0.3 is 0 Å². The van der Waals surface area contributed by atoms with Crippen LogP contribution in [-0.2, 0) is 4.79 Å². The first-order valence-electron chi connectivity index (χ1n) is 6.59. The highest BCUT2D eigenvalue weighted by atomic mass is 35.5. The van der Waals surface area contributed by atoms with E-state index in [1.807, 2.05) is 5.38 Å². The summed E-state index contributed by atoms with van der Waals surface area (Å²) in [7, 11) is 0. The highest BCUT2D eigenvalue weighted by Crippen LogP contribution is 2.21. The van der Waals surface area contributed by atoms with Crippen molar-refractivity contribution in [2.24, 2.45) is 5.73 Å². The Morgan fingerprint density at radius 2 is 2.05 bits per heavy atom. The van der Waals surface area contributed by atoms with Crippen molar-refractivity contribution in [3.05, 3.63) is 11.1 Å². The molecule has 1 aromatic rings. The molecule has 6 heteroatoms. The number of aromatic nitrogens is 1. The third-order valence-electron chi connectivity index (χ3n) is 2.72. The molecule has 0 saturated heterocycles. The van der Waals surface area contributed by atoms with Crippen LogP contribution in [0.25, 0.3) is 0 Å². The van der Waals surface area contributed by atoms with Crippen molar-refractivity contribution >= 4 is 34.8 Å². The molecule has 4 nitrogen and oxygen atoms in total. The van der Waals surface area contributed by atoms with Crippen molar-refractivity contribution in [3.63, 3.8) is 0 Å². The van der Waals surface area contributed by atoms with Crippen LogP contribution in [-0.4, -0.2) is 17.4 Å². The SMILES string of the molecule is CC(C)c1csc(NC(=O)CCCCCCN)n1.Cl. The van der Waals surface area contributed by atoms with Crippen molar-refractivity contribution in [2.75, 3.05) is 11.9 Å². The number of carbonyl (C=O) groups is 1. The molecule has 0 bridgehead atoms. The first-order chi connectivity index (χ1) is 8.63. The van der Waals surface area contributed by atoms with Crippen LogP contribution in [0.1, 0.15) is 57.6 Å². The lowest BCUT2D eigenvalue weighted by Crippen LogP contribution is -2.11. The summed E-state index contributed by atoms with van der Waals surface area (Å²) in [5, 5.41) is 5.57. The summed E-state index contributed by atoms with van der Waals surface area (Å²) >= 11 is 1.49. The molecule has 1 rings (SSSR count). The predicted molar refractivity (Wildman–Crippen MR) is 84.2 cm³/mol. The van der Waals surface area contributed by atoms with Gasteiger partial charge in [-0.25, -0.2) is 4.98 Å². The molecule has 0 spiro atoms. The molecule has 0 aromatic carbocycles. The lowest BCUT2D eigenvalue weighted by molar-refractivity contribution is -0.116. The zero-order valence-electron chi connectivity index (χ0n) is 11.6. The Hall–Kier alpha value is -0.650. The van der Waals surface area contributed by atoms with Gasteiger partial charge in [-0.05, 0) is 25.3 Å². The second-order valence-electron chi connectivity index (χ2n) is 4.73. The van der Waals surface area contributed by atoms with Crippen LogP contribution in [0, 0.1) is 0 Å². The summed E-state index contributed by atoms with van der Waals surface area (Å²) < 4.78 is 0. The maximum atomic E-state index is 11.7. The molecule has 0 atom stereocenters. The molecule has 0 radical (unpaired) electrons. The van der Waals surface area contributed by atoms with Crippen molar-refractivity contribution < 1.29 is 4.79 Å². The van der Waals surface area contributed by atoms with Gasteiger partial charge in [-0.2, -0.15) is 0 Å². The summed E-state index contributed by atoms with van der Waals surface area (Å²) in [5.41, 5.74) is 6.45. The zero-order chi connectivity index (χ0) is 13.4. The minimum Gasteiger partial charge on any atom is -0.330 e. The van der Waals surface area contributed by atoms with Gasteiger partial charge in [0.15, 0.2) is 5.13 Å². The zero-order valence-corrected chi connectivity index (χ0v) is 13.3. The fourth-order valence-electron chi connectivity index (χ4n) is 1.57. The Bertz CT molecular complexity index is 369. The van der Waals surface area contributed by atoms with Crippen LogP contribution in [0.3, 0.4) is 0 Å². The Morgan fingerprint density at radius 3 is 2.63 bits per heavy atom. The number of nitrogens with zero attached hydrogens (tertiary/aromatic N) is 1. The van der Waals surface area contributed by atoms with Gasteiger partial charge in [0.25, 0.3) is 0 Å². The van der Waals surface area contributed by atoms with E-state index >= 15 is 0 Å². The van der Waals surface area contributed by atoms with E-state index in [-0.39, 0.29) is 18.3 Å². The summed E-state index contributed by atoms with van der Waals surface area (Å²) in [6, 6.07) is 0. The molecule has 0 aliphatic rings. The molecule has 1 aromatic heterocycles. The molecule has 1 amide bonds. The maximum Gasteiger partial charge on any atom is 0.226 e. The smallest absolute Gasteiger partial charge is 0.226 e. The van der Waals surface area contributed by atoms with Gasteiger partial charge in [-0.15, -0.1) is 23.7 Å². The molecular formula is C13H24ClN3OS. The topological polar surface area (TPSA) is 68.0 Å². The summed E-state index contributed by atoms with van der Waals surface area (Å²) in [6.07, 6.45) is 4.72. The first-order valence-corrected chi connectivity index (χ1v) is 7.46. The molecular weight excluding hydrogens is 282 g/mol.